The number of halogens is 1. The van der Waals surface area contributed by atoms with Gasteiger partial charge < -0.3 is 5.73 Å². The Balaban J connectivity index is 0.00000169. The van der Waals surface area contributed by atoms with Crippen LogP contribution in [0, 0.1) is 0 Å². The lowest BCUT2D eigenvalue weighted by Gasteiger charge is -2.15. The molecule has 1 rings (SSSR count). The number of anilines is 1. The van der Waals surface area contributed by atoms with Gasteiger partial charge in [-0.2, -0.15) is 0 Å². The summed E-state index contributed by atoms with van der Waals surface area (Å²) in [7, 11) is 0. The molecule has 1 nitrogen and oxygen atoms in total. The lowest BCUT2D eigenvalue weighted by molar-refractivity contribution is 0.840. The molecule has 0 fully saturated rings. The fourth-order valence-electron chi connectivity index (χ4n) is 1.61. The smallest absolute Gasteiger partial charge is 0.0384 e. The Kier molecular flexibility index (Phi) is 5.00. The highest BCUT2D eigenvalue weighted by atomic mass is 35.5. The summed E-state index contributed by atoms with van der Waals surface area (Å²) in [6.07, 6.45) is 0. The van der Waals surface area contributed by atoms with Crippen molar-refractivity contribution in [1.29, 1.82) is 0 Å². The molecule has 0 spiro atoms. The highest BCUT2D eigenvalue weighted by Crippen LogP contribution is 2.29. The molecule has 0 saturated carbocycles. The van der Waals surface area contributed by atoms with Crippen molar-refractivity contribution in [1.82, 2.24) is 0 Å². The van der Waals surface area contributed by atoms with Gasteiger partial charge >= 0.3 is 0 Å². The molecule has 0 radical (unpaired) electrons. The molecule has 0 aliphatic heterocycles. The molecule has 0 bridgehead atoms. The van der Waals surface area contributed by atoms with E-state index in [1.54, 1.807) is 0 Å². The molecular weight excluding hydrogens is 194 g/mol. The zero-order chi connectivity index (χ0) is 10.0. The van der Waals surface area contributed by atoms with Crippen molar-refractivity contribution in [2.24, 2.45) is 0 Å². The van der Waals surface area contributed by atoms with Crippen molar-refractivity contribution in [3.63, 3.8) is 0 Å². The van der Waals surface area contributed by atoms with Crippen molar-refractivity contribution in [3.8, 4) is 0 Å². The number of rotatable bonds is 2. The molecule has 0 amide bonds. The molecule has 1 aromatic carbocycles. The van der Waals surface area contributed by atoms with Crippen molar-refractivity contribution in [3.05, 3.63) is 29.3 Å². The van der Waals surface area contributed by atoms with Gasteiger partial charge in [0.15, 0.2) is 0 Å². The number of benzene rings is 1. The van der Waals surface area contributed by atoms with Crippen LogP contribution in [0.5, 0.6) is 0 Å². The van der Waals surface area contributed by atoms with Gasteiger partial charge in [-0.1, -0.05) is 45.9 Å². The minimum absolute atomic E-state index is 0. The van der Waals surface area contributed by atoms with Gasteiger partial charge in [0, 0.05) is 5.69 Å². The van der Waals surface area contributed by atoms with E-state index in [0.717, 1.165) is 5.69 Å². The van der Waals surface area contributed by atoms with Crippen LogP contribution in [0.2, 0.25) is 0 Å². The number of nitrogens with two attached hydrogens (primary N) is 1. The van der Waals surface area contributed by atoms with Crippen LogP contribution >= 0.6 is 12.4 Å². The average molecular weight is 214 g/mol. The maximum atomic E-state index is 6.09. The molecule has 0 aliphatic rings. The van der Waals surface area contributed by atoms with Crippen molar-refractivity contribution in [2.45, 2.75) is 39.5 Å². The van der Waals surface area contributed by atoms with Crippen molar-refractivity contribution < 1.29 is 0 Å². The number of hydrogen-bond acceptors (Lipinski definition) is 1. The Labute approximate surface area is 93.1 Å². The summed E-state index contributed by atoms with van der Waals surface area (Å²) in [5.74, 6) is 1.03. The molecular formula is C12H20ClN. The Bertz CT molecular complexity index is 266. The van der Waals surface area contributed by atoms with Gasteiger partial charge in [0.25, 0.3) is 0 Å². The van der Waals surface area contributed by atoms with Crippen LogP contribution in [0.1, 0.15) is 50.7 Å². The van der Waals surface area contributed by atoms with E-state index in [-0.39, 0.29) is 12.4 Å². The first-order valence-electron chi connectivity index (χ1n) is 4.92. The third-order valence-corrected chi connectivity index (χ3v) is 2.42. The predicted molar refractivity (Wildman–Crippen MR) is 66.3 cm³/mol. The summed E-state index contributed by atoms with van der Waals surface area (Å²) >= 11 is 0. The minimum atomic E-state index is 0. The summed E-state index contributed by atoms with van der Waals surface area (Å²) in [6, 6.07) is 6.33. The second-order valence-electron chi connectivity index (χ2n) is 4.16. The van der Waals surface area contributed by atoms with E-state index in [9.17, 15) is 0 Å². The summed E-state index contributed by atoms with van der Waals surface area (Å²) in [6.45, 7) is 8.71. The van der Waals surface area contributed by atoms with Gasteiger partial charge in [-0.3, -0.25) is 0 Å². The van der Waals surface area contributed by atoms with Gasteiger partial charge in [-0.15, -0.1) is 12.4 Å². The van der Waals surface area contributed by atoms with Crippen LogP contribution in [0.25, 0.3) is 0 Å². The molecule has 0 saturated heterocycles. The van der Waals surface area contributed by atoms with E-state index in [2.05, 4.69) is 45.9 Å². The van der Waals surface area contributed by atoms with Crippen LogP contribution in [-0.4, -0.2) is 0 Å². The molecule has 14 heavy (non-hydrogen) atoms. The Morgan fingerprint density at radius 3 is 1.57 bits per heavy atom. The van der Waals surface area contributed by atoms with E-state index in [1.165, 1.54) is 11.1 Å². The normalized spacial score (nSPS) is 10.4. The van der Waals surface area contributed by atoms with Gasteiger partial charge in [0.2, 0.25) is 0 Å². The van der Waals surface area contributed by atoms with Crippen molar-refractivity contribution in [2.75, 3.05) is 5.73 Å². The molecule has 2 heteroatoms. The zero-order valence-electron chi connectivity index (χ0n) is 9.37. The SMILES string of the molecule is CC(C)c1cccc(C(C)C)c1N.Cl. The third-order valence-electron chi connectivity index (χ3n) is 2.42. The monoisotopic (exact) mass is 213 g/mol. The highest BCUT2D eigenvalue weighted by Gasteiger charge is 2.09. The number of nitrogen functional groups attached to an aromatic ring is 1. The van der Waals surface area contributed by atoms with E-state index < -0.39 is 0 Å². The van der Waals surface area contributed by atoms with E-state index >= 15 is 0 Å². The first-order chi connectivity index (χ1) is 6.04. The van der Waals surface area contributed by atoms with Gasteiger partial charge in [0.1, 0.15) is 0 Å². The highest BCUT2D eigenvalue weighted by molar-refractivity contribution is 5.85. The van der Waals surface area contributed by atoms with Crippen LogP contribution in [-0.2, 0) is 0 Å². The second kappa shape index (κ2) is 5.26. The lowest BCUT2D eigenvalue weighted by Crippen LogP contribution is -2.02. The Hall–Kier alpha value is -0.690. The van der Waals surface area contributed by atoms with E-state index in [1.807, 2.05) is 0 Å². The van der Waals surface area contributed by atoms with Crippen LogP contribution in [0.4, 0.5) is 5.69 Å². The second-order valence-corrected chi connectivity index (χ2v) is 4.16. The number of para-hydroxylation sites is 1. The Morgan fingerprint density at radius 1 is 0.929 bits per heavy atom. The molecule has 0 aliphatic carbocycles. The fraction of sp³-hybridized carbons (Fsp3) is 0.500. The summed E-state index contributed by atoms with van der Waals surface area (Å²) in [5, 5.41) is 0. The molecule has 1 aromatic rings. The maximum Gasteiger partial charge on any atom is 0.0384 e. The molecule has 80 valence electrons. The summed E-state index contributed by atoms with van der Waals surface area (Å²) < 4.78 is 0. The molecule has 0 aromatic heterocycles. The van der Waals surface area contributed by atoms with Gasteiger partial charge in [-0.25, -0.2) is 0 Å². The predicted octanol–water partition coefficient (Wildman–Crippen LogP) is 3.94. The van der Waals surface area contributed by atoms with Crippen molar-refractivity contribution >= 4 is 18.1 Å². The largest absolute Gasteiger partial charge is 0.398 e. The quantitative estimate of drug-likeness (QED) is 0.740. The van der Waals surface area contributed by atoms with E-state index in [4.69, 9.17) is 5.73 Å². The van der Waals surface area contributed by atoms with Gasteiger partial charge in [-0.05, 0) is 23.0 Å². The minimum Gasteiger partial charge on any atom is -0.398 e. The fourth-order valence-corrected chi connectivity index (χ4v) is 1.61. The summed E-state index contributed by atoms with van der Waals surface area (Å²) in [4.78, 5) is 0. The zero-order valence-corrected chi connectivity index (χ0v) is 10.2. The first kappa shape index (κ1) is 13.3. The van der Waals surface area contributed by atoms with Gasteiger partial charge in [0.05, 0.1) is 0 Å². The molecule has 0 heterocycles. The van der Waals surface area contributed by atoms with Crippen LogP contribution < -0.4 is 5.73 Å². The lowest BCUT2D eigenvalue weighted by atomic mass is 9.93. The third kappa shape index (κ3) is 2.65. The Morgan fingerprint density at radius 2 is 1.29 bits per heavy atom. The topological polar surface area (TPSA) is 26.0 Å². The standard InChI is InChI=1S/C12H19N.ClH/c1-8(2)10-6-5-7-11(9(3)4)12(10)13;/h5-9H,13H2,1-4H3;1H. The number of hydrogen-bond donors (Lipinski definition) is 1. The molecule has 0 unspecified atom stereocenters. The molecule has 2 N–H and O–H groups in total. The van der Waals surface area contributed by atoms with Crippen LogP contribution in [0.3, 0.4) is 0 Å². The molecule has 0 atom stereocenters. The van der Waals surface area contributed by atoms with Crippen LogP contribution in [0.15, 0.2) is 18.2 Å². The average Bonchev–Trinajstić information content (AvgIpc) is 2.03. The maximum absolute atomic E-state index is 6.09. The summed E-state index contributed by atoms with van der Waals surface area (Å²) in [5.41, 5.74) is 9.60. The van der Waals surface area contributed by atoms with E-state index in [0.29, 0.717) is 11.8 Å². The first-order valence-corrected chi connectivity index (χ1v) is 4.92.